The highest BCUT2D eigenvalue weighted by atomic mass is 16.5. The Bertz CT molecular complexity index is 986. The molecule has 0 saturated carbocycles. The van der Waals surface area contributed by atoms with Gasteiger partial charge in [-0.15, -0.1) is 0 Å². The second-order valence-corrected chi connectivity index (χ2v) is 8.44. The lowest BCUT2D eigenvalue weighted by Crippen LogP contribution is -2.50. The number of rotatable bonds is 6. The van der Waals surface area contributed by atoms with E-state index >= 15 is 0 Å². The van der Waals surface area contributed by atoms with Crippen LogP contribution >= 0.6 is 0 Å². The van der Waals surface area contributed by atoms with E-state index in [4.69, 9.17) is 4.74 Å². The Labute approximate surface area is 182 Å². The molecule has 9 heteroatoms. The van der Waals surface area contributed by atoms with Crippen LogP contribution in [0.2, 0.25) is 0 Å². The zero-order chi connectivity index (χ0) is 21.0. The van der Waals surface area contributed by atoms with Gasteiger partial charge in [-0.3, -0.25) is 4.90 Å². The number of nitrogens with zero attached hydrogens (tertiary/aromatic N) is 8. The maximum Gasteiger partial charge on any atom is 0.254 e. The average molecular weight is 423 g/mol. The zero-order valence-electron chi connectivity index (χ0n) is 18.1. The van der Waals surface area contributed by atoms with Gasteiger partial charge in [0.15, 0.2) is 0 Å². The molecule has 5 heterocycles. The Balaban J connectivity index is 1.22. The van der Waals surface area contributed by atoms with Gasteiger partial charge in [-0.1, -0.05) is 6.07 Å². The summed E-state index contributed by atoms with van der Waals surface area (Å²) in [7, 11) is 1.69. The first-order valence-electron chi connectivity index (χ1n) is 11.1. The van der Waals surface area contributed by atoms with E-state index in [0.29, 0.717) is 18.3 Å². The molecule has 3 aromatic rings. The van der Waals surface area contributed by atoms with E-state index in [1.165, 1.54) is 12.8 Å². The smallest absolute Gasteiger partial charge is 0.254 e. The quantitative estimate of drug-likeness (QED) is 0.594. The fraction of sp³-hybridized carbons (Fsp3) is 0.545. The first-order valence-corrected chi connectivity index (χ1v) is 11.1. The lowest BCUT2D eigenvalue weighted by Gasteiger charge is -2.40. The lowest BCUT2D eigenvalue weighted by atomic mass is 9.97. The third kappa shape index (κ3) is 4.47. The van der Waals surface area contributed by atoms with Crippen molar-refractivity contribution in [3.05, 3.63) is 42.5 Å². The molecule has 0 N–H and O–H groups in total. The molecule has 1 atom stereocenters. The van der Waals surface area contributed by atoms with Crippen molar-refractivity contribution in [1.82, 2.24) is 29.5 Å². The first kappa shape index (κ1) is 20.1. The average Bonchev–Trinajstić information content (AvgIpc) is 3.29. The molecule has 0 radical (unpaired) electrons. The highest BCUT2D eigenvalue weighted by Gasteiger charge is 2.26. The topological polar surface area (TPSA) is 74.9 Å². The minimum Gasteiger partial charge on any atom is -0.378 e. The predicted octanol–water partition coefficient (Wildman–Crippen LogP) is 1.70. The van der Waals surface area contributed by atoms with Crippen molar-refractivity contribution in [3.8, 4) is 0 Å². The van der Waals surface area contributed by atoms with Gasteiger partial charge in [0.1, 0.15) is 18.0 Å². The Kier molecular flexibility index (Phi) is 5.95. The van der Waals surface area contributed by atoms with Gasteiger partial charge in [0.05, 0.1) is 12.3 Å². The molecule has 3 aromatic heterocycles. The summed E-state index contributed by atoms with van der Waals surface area (Å²) >= 11 is 0. The molecule has 2 fully saturated rings. The van der Waals surface area contributed by atoms with Crippen LogP contribution in [0.4, 0.5) is 11.6 Å². The van der Waals surface area contributed by atoms with Crippen LogP contribution in [0.15, 0.2) is 36.8 Å². The molecule has 0 aliphatic carbocycles. The van der Waals surface area contributed by atoms with Crippen LogP contribution in [0.5, 0.6) is 0 Å². The minimum absolute atomic E-state index is 0.480. The number of anilines is 2. The molecule has 0 aromatic carbocycles. The second-order valence-electron chi connectivity index (χ2n) is 8.44. The van der Waals surface area contributed by atoms with Gasteiger partial charge >= 0.3 is 0 Å². The third-order valence-corrected chi connectivity index (χ3v) is 6.28. The fourth-order valence-corrected chi connectivity index (χ4v) is 4.78. The van der Waals surface area contributed by atoms with Crippen LogP contribution in [0.1, 0.15) is 18.5 Å². The second kappa shape index (κ2) is 9.15. The Hall–Kier alpha value is -2.78. The standard InChI is InChI=1S/C22H30N8O/c1-31-16-19-13-21(30-22(26-19)24-17-25-30)29-8-4-5-18(15-29)14-27-9-11-28(12-10-27)20-6-2-3-7-23-20/h2-3,6-7,13,17-18H,4-5,8-12,14-16H2,1H3. The van der Waals surface area contributed by atoms with Gasteiger partial charge in [0, 0.05) is 65.2 Å². The molecule has 2 aliphatic rings. The molecule has 0 spiro atoms. The van der Waals surface area contributed by atoms with E-state index in [1.54, 1.807) is 13.4 Å². The van der Waals surface area contributed by atoms with Crippen molar-refractivity contribution in [2.24, 2.45) is 5.92 Å². The number of fused-ring (bicyclic) bond motifs is 1. The monoisotopic (exact) mass is 422 g/mol. The maximum atomic E-state index is 5.30. The van der Waals surface area contributed by atoms with Crippen molar-refractivity contribution < 1.29 is 4.74 Å². The van der Waals surface area contributed by atoms with Gasteiger partial charge < -0.3 is 14.5 Å². The van der Waals surface area contributed by atoms with Crippen LogP contribution in [-0.2, 0) is 11.3 Å². The Morgan fingerprint density at radius 2 is 1.97 bits per heavy atom. The largest absolute Gasteiger partial charge is 0.378 e. The van der Waals surface area contributed by atoms with Crippen molar-refractivity contribution >= 4 is 17.4 Å². The number of ether oxygens (including phenoxy) is 1. The molecule has 0 bridgehead atoms. The number of methoxy groups -OCH3 is 1. The SMILES string of the molecule is COCc1cc(N2CCCC(CN3CCN(c4ccccn4)CC3)C2)n2ncnc2n1. The fourth-order valence-electron chi connectivity index (χ4n) is 4.78. The molecule has 2 saturated heterocycles. The predicted molar refractivity (Wildman–Crippen MR) is 119 cm³/mol. The molecule has 9 nitrogen and oxygen atoms in total. The maximum absolute atomic E-state index is 5.30. The number of aromatic nitrogens is 5. The van der Waals surface area contributed by atoms with Gasteiger partial charge in [-0.2, -0.15) is 14.6 Å². The lowest BCUT2D eigenvalue weighted by molar-refractivity contribution is 0.181. The number of hydrogen-bond acceptors (Lipinski definition) is 8. The van der Waals surface area contributed by atoms with Gasteiger partial charge in [-0.25, -0.2) is 9.97 Å². The minimum atomic E-state index is 0.480. The summed E-state index contributed by atoms with van der Waals surface area (Å²) in [5.74, 6) is 3.44. The summed E-state index contributed by atoms with van der Waals surface area (Å²) in [5, 5.41) is 4.41. The van der Waals surface area contributed by atoms with Crippen LogP contribution in [-0.4, -0.2) is 82.4 Å². The highest BCUT2D eigenvalue weighted by molar-refractivity contribution is 5.47. The van der Waals surface area contributed by atoms with Crippen molar-refractivity contribution in [2.75, 3.05) is 62.7 Å². The molecule has 2 aliphatic heterocycles. The molecular weight excluding hydrogens is 392 g/mol. The Morgan fingerprint density at radius 1 is 1.06 bits per heavy atom. The number of piperidine rings is 1. The summed E-state index contributed by atoms with van der Waals surface area (Å²) in [6, 6.07) is 8.24. The summed E-state index contributed by atoms with van der Waals surface area (Å²) in [6.07, 6.45) is 5.91. The van der Waals surface area contributed by atoms with E-state index in [9.17, 15) is 0 Å². The van der Waals surface area contributed by atoms with E-state index in [-0.39, 0.29) is 0 Å². The van der Waals surface area contributed by atoms with Crippen LogP contribution < -0.4 is 9.80 Å². The number of pyridine rings is 1. The first-order chi connectivity index (χ1) is 15.3. The Morgan fingerprint density at radius 3 is 2.77 bits per heavy atom. The third-order valence-electron chi connectivity index (χ3n) is 6.28. The molecule has 5 rings (SSSR count). The van der Waals surface area contributed by atoms with Crippen molar-refractivity contribution in [1.29, 1.82) is 0 Å². The zero-order valence-corrected chi connectivity index (χ0v) is 18.1. The number of hydrogen-bond donors (Lipinski definition) is 0. The van der Waals surface area contributed by atoms with Crippen molar-refractivity contribution in [2.45, 2.75) is 19.4 Å². The van der Waals surface area contributed by atoms with Crippen LogP contribution in [0.25, 0.3) is 5.78 Å². The van der Waals surface area contributed by atoms with Crippen molar-refractivity contribution in [3.63, 3.8) is 0 Å². The molecule has 164 valence electrons. The molecular formula is C22H30N8O. The van der Waals surface area contributed by atoms with Gasteiger partial charge in [0.2, 0.25) is 0 Å². The molecule has 31 heavy (non-hydrogen) atoms. The summed E-state index contributed by atoms with van der Waals surface area (Å²) in [5.41, 5.74) is 0.894. The van der Waals surface area contributed by atoms with Gasteiger partial charge in [0.25, 0.3) is 5.78 Å². The van der Waals surface area contributed by atoms with E-state index in [1.807, 2.05) is 16.8 Å². The molecule has 1 unspecified atom stereocenters. The van der Waals surface area contributed by atoms with Crippen LogP contribution in [0.3, 0.4) is 0 Å². The summed E-state index contributed by atoms with van der Waals surface area (Å²) in [6.45, 7) is 7.95. The summed E-state index contributed by atoms with van der Waals surface area (Å²) in [4.78, 5) is 20.8. The number of piperazine rings is 1. The van der Waals surface area contributed by atoms with E-state index in [0.717, 1.165) is 63.1 Å². The van der Waals surface area contributed by atoms with E-state index in [2.05, 4.69) is 52.9 Å². The van der Waals surface area contributed by atoms with Gasteiger partial charge in [-0.05, 0) is 30.9 Å². The van der Waals surface area contributed by atoms with Crippen LogP contribution in [0, 0.1) is 5.92 Å². The summed E-state index contributed by atoms with van der Waals surface area (Å²) < 4.78 is 7.16. The van der Waals surface area contributed by atoms with E-state index < -0.39 is 0 Å². The molecule has 0 amide bonds. The highest BCUT2D eigenvalue weighted by Crippen LogP contribution is 2.25. The normalized spacial score (nSPS) is 20.5.